The average molecular weight is 540 g/mol. The van der Waals surface area contributed by atoms with Crippen LogP contribution in [0.3, 0.4) is 0 Å². The Balaban J connectivity index is 1.13. The Labute approximate surface area is 231 Å². The first-order chi connectivity index (χ1) is 18.8. The van der Waals surface area contributed by atoms with Crippen LogP contribution >= 0.6 is 11.6 Å². The fourth-order valence-electron chi connectivity index (χ4n) is 7.61. The van der Waals surface area contributed by atoms with Gasteiger partial charge in [-0.15, -0.1) is 0 Å². The first kappa shape index (κ1) is 24.6. The normalized spacial score (nSPS) is 27.1. The van der Waals surface area contributed by atoms with Crippen molar-refractivity contribution in [3.05, 3.63) is 105 Å². The highest BCUT2D eigenvalue weighted by molar-refractivity contribution is 6.31. The van der Waals surface area contributed by atoms with E-state index in [9.17, 15) is 14.7 Å². The molecule has 39 heavy (non-hydrogen) atoms. The van der Waals surface area contributed by atoms with Gasteiger partial charge in [-0.1, -0.05) is 29.8 Å². The predicted molar refractivity (Wildman–Crippen MR) is 151 cm³/mol. The number of aliphatic hydroxyl groups is 1. The molecule has 0 unspecified atom stereocenters. The summed E-state index contributed by atoms with van der Waals surface area (Å²) in [4.78, 5) is 31.1. The zero-order valence-corrected chi connectivity index (χ0v) is 22.3. The van der Waals surface area contributed by atoms with Crippen LogP contribution in [0.1, 0.15) is 53.6 Å². The molecule has 8 rings (SSSR count). The van der Waals surface area contributed by atoms with Crippen LogP contribution < -0.4 is 10.7 Å². The van der Waals surface area contributed by atoms with Gasteiger partial charge in [0.25, 0.3) is 5.91 Å². The summed E-state index contributed by atoms with van der Waals surface area (Å²) in [7, 11) is 0. The Kier molecular flexibility index (Phi) is 5.87. The van der Waals surface area contributed by atoms with Crippen LogP contribution in [0.15, 0.2) is 77.9 Å². The van der Waals surface area contributed by atoms with Crippen molar-refractivity contribution >= 4 is 28.4 Å². The molecule has 2 heterocycles. The van der Waals surface area contributed by atoms with Gasteiger partial charge in [0.05, 0.1) is 11.1 Å². The fraction of sp³-hybridized carbons (Fsp3) is 0.344. The van der Waals surface area contributed by atoms with E-state index in [1.807, 2.05) is 53.2 Å². The van der Waals surface area contributed by atoms with Gasteiger partial charge in [-0.2, -0.15) is 0 Å². The lowest BCUT2D eigenvalue weighted by atomic mass is 9.52. The van der Waals surface area contributed by atoms with Crippen LogP contribution in [0.5, 0.6) is 0 Å². The minimum atomic E-state index is -0.510. The van der Waals surface area contributed by atoms with E-state index in [0.29, 0.717) is 57.0 Å². The molecule has 4 saturated carbocycles. The van der Waals surface area contributed by atoms with Crippen molar-refractivity contribution in [2.24, 2.45) is 17.8 Å². The third-order valence-corrected chi connectivity index (χ3v) is 9.32. The number of halogens is 1. The zero-order valence-electron chi connectivity index (χ0n) is 21.5. The van der Waals surface area contributed by atoms with Crippen LogP contribution in [0, 0.1) is 17.8 Å². The second-order valence-corrected chi connectivity index (χ2v) is 12.2. The summed E-state index contributed by atoms with van der Waals surface area (Å²) < 4.78 is 1.90. The number of carbonyl (C=O) groups is 1. The second-order valence-electron chi connectivity index (χ2n) is 11.8. The second kappa shape index (κ2) is 9.32. The SMILES string of the molecule is O=C(N[C@H]1[C@@H]2C[C@H]3C[C@H]1C[C@](O)(C3)C2)c1ccc(Cc2cn(-c3ccccn3)c3cc(Cl)ccc3c2=O)cc1. The minimum Gasteiger partial charge on any atom is -0.390 e. The molecule has 0 aliphatic heterocycles. The number of nitrogens with zero attached hydrogens (tertiary/aromatic N) is 2. The molecular weight excluding hydrogens is 510 g/mol. The molecule has 4 fully saturated rings. The standard InChI is InChI=1S/C32H30ClN3O3/c33-25-8-9-26-27(14-25)36(28-3-1-2-10-34-28)18-24(30(26)37)11-19-4-6-21(7-5-19)31(38)35-29-22-12-20-13-23(29)17-32(39,15-20)16-22/h1-10,14,18,20,22-23,29,39H,11-13,15-17H2,(H,35,38)/t20-,22+,23-,29-,32-. The smallest absolute Gasteiger partial charge is 0.251 e. The summed E-state index contributed by atoms with van der Waals surface area (Å²) in [6.07, 6.45) is 8.74. The van der Waals surface area contributed by atoms with Gasteiger partial charge in [-0.05, 0) is 97.9 Å². The lowest BCUT2D eigenvalue weighted by molar-refractivity contribution is -0.136. The first-order valence-corrected chi connectivity index (χ1v) is 14.1. The first-order valence-electron chi connectivity index (χ1n) is 13.7. The van der Waals surface area contributed by atoms with Gasteiger partial charge < -0.3 is 15.0 Å². The monoisotopic (exact) mass is 539 g/mol. The lowest BCUT2D eigenvalue weighted by Crippen LogP contribution is -2.61. The molecule has 2 N–H and O–H groups in total. The van der Waals surface area contributed by atoms with Crippen molar-refractivity contribution in [1.29, 1.82) is 0 Å². The van der Waals surface area contributed by atoms with E-state index >= 15 is 0 Å². The van der Waals surface area contributed by atoms with Gasteiger partial charge in [-0.25, -0.2) is 4.98 Å². The number of nitrogens with one attached hydrogen (secondary N) is 1. The summed E-state index contributed by atoms with van der Waals surface area (Å²) in [5, 5.41) is 15.3. The number of rotatable bonds is 5. The number of aromatic nitrogens is 2. The number of benzene rings is 2. The number of hydrogen-bond donors (Lipinski definition) is 2. The summed E-state index contributed by atoms with van der Waals surface area (Å²) in [6.45, 7) is 0. The molecule has 0 radical (unpaired) electrons. The molecule has 4 aromatic rings. The number of fused-ring (bicyclic) bond motifs is 1. The van der Waals surface area contributed by atoms with E-state index in [1.54, 1.807) is 24.4 Å². The Morgan fingerprint density at radius 1 is 1.05 bits per heavy atom. The van der Waals surface area contributed by atoms with E-state index in [2.05, 4.69) is 10.3 Å². The van der Waals surface area contributed by atoms with Crippen molar-refractivity contribution in [2.45, 2.75) is 50.2 Å². The van der Waals surface area contributed by atoms with Crippen molar-refractivity contribution < 1.29 is 9.90 Å². The van der Waals surface area contributed by atoms with Crippen molar-refractivity contribution in [3.8, 4) is 5.82 Å². The molecule has 0 spiro atoms. The van der Waals surface area contributed by atoms with Crippen molar-refractivity contribution in [1.82, 2.24) is 14.9 Å². The summed E-state index contributed by atoms with van der Waals surface area (Å²) in [6, 6.07) is 18.6. The van der Waals surface area contributed by atoms with Gasteiger partial charge in [0.2, 0.25) is 0 Å². The maximum atomic E-state index is 13.4. The number of amides is 1. The molecule has 6 nitrogen and oxygen atoms in total. The van der Waals surface area contributed by atoms with Crippen molar-refractivity contribution in [3.63, 3.8) is 0 Å². The molecule has 4 aliphatic carbocycles. The molecule has 0 saturated heterocycles. The van der Waals surface area contributed by atoms with Gasteiger partial charge >= 0.3 is 0 Å². The summed E-state index contributed by atoms with van der Waals surface area (Å²) in [5.41, 5.74) is 2.35. The average Bonchev–Trinajstić information content (AvgIpc) is 2.92. The van der Waals surface area contributed by atoms with E-state index in [-0.39, 0.29) is 17.4 Å². The highest BCUT2D eigenvalue weighted by Gasteiger charge is 2.55. The third-order valence-electron chi connectivity index (χ3n) is 9.09. The number of carbonyl (C=O) groups excluding carboxylic acids is 1. The largest absolute Gasteiger partial charge is 0.390 e. The Hall–Kier alpha value is -3.48. The fourth-order valence-corrected chi connectivity index (χ4v) is 7.78. The Bertz CT molecular complexity index is 1620. The summed E-state index contributed by atoms with van der Waals surface area (Å²) in [5.74, 6) is 1.98. The Morgan fingerprint density at radius 3 is 2.51 bits per heavy atom. The molecule has 4 aliphatic rings. The molecule has 7 heteroatoms. The van der Waals surface area contributed by atoms with Gasteiger partial charge in [0, 0.05) is 46.4 Å². The lowest BCUT2D eigenvalue weighted by Gasteiger charge is -2.58. The van der Waals surface area contributed by atoms with E-state index in [1.165, 1.54) is 0 Å². The van der Waals surface area contributed by atoms with Gasteiger partial charge in [0.15, 0.2) is 5.43 Å². The van der Waals surface area contributed by atoms with Crippen LogP contribution in [0.25, 0.3) is 16.7 Å². The molecule has 5 atom stereocenters. The highest BCUT2D eigenvalue weighted by atomic mass is 35.5. The quantitative estimate of drug-likeness (QED) is 0.360. The maximum Gasteiger partial charge on any atom is 0.251 e. The van der Waals surface area contributed by atoms with Gasteiger partial charge in [0.1, 0.15) is 5.82 Å². The minimum absolute atomic E-state index is 0.0424. The van der Waals surface area contributed by atoms with E-state index in [0.717, 1.165) is 37.7 Å². The molecule has 2 aromatic carbocycles. The molecule has 4 bridgehead atoms. The number of pyridine rings is 2. The third kappa shape index (κ3) is 4.46. The van der Waals surface area contributed by atoms with Crippen LogP contribution in [-0.4, -0.2) is 32.2 Å². The van der Waals surface area contributed by atoms with E-state index < -0.39 is 5.60 Å². The Morgan fingerprint density at radius 2 is 1.82 bits per heavy atom. The zero-order chi connectivity index (χ0) is 26.7. The van der Waals surface area contributed by atoms with Crippen LogP contribution in [-0.2, 0) is 6.42 Å². The topological polar surface area (TPSA) is 84.2 Å². The van der Waals surface area contributed by atoms with E-state index in [4.69, 9.17) is 11.6 Å². The molecule has 1 amide bonds. The molecule has 2 aromatic heterocycles. The van der Waals surface area contributed by atoms with Gasteiger partial charge in [-0.3, -0.25) is 9.59 Å². The van der Waals surface area contributed by atoms with Crippen LogP contribution in [0.2, 0.25) is 5.02 Å². The summed E-state index contributed by atoms with van der Waals surface area (Å²) >= 11 is 6.26. The molecular formula is C32H30ClN3O3. The van der Waals surface area contributed by atoms with Crippen molar-refractivity contribution in [2.75, 3.05) is 0 Å². The molecule has 198 valence electrons. The highest BCUT2D eigenvalue weighted by Crippen LogP contribution is 2.55. The maximum absolute atomic E-state index is 13.4. The van der Waals surface area contributed by atoms with Crippen LogP contribution in [0.4, 0.5) is 0 Å². The predicted octanol–water partition coefficient (Wildman–Crippen LogP) is 5.30. The number of hydrogen-bond acceptors (Lipinski definition) is 4.